The summed E-state index contributed by atoms with van der Waals surface area (Å²) in [4.78, 5) is 14.9. The highest BCUT2D eigenvalue weighted by molar-refractivity contribution is 5.92. The minimum absolute atomic E-state index is 0.0155. The van der Waals surface area contributed by atoms with Crippen molar-refractivity contribution >= 4 is 5.91 Å². The van der Waals surface area contributed by atoms with Crippen molar-refractivity contribution in [2.45, 2.75) is 30.7 Å². The lowest BCUT2D eigenvalue weighted by Crippen LogP contribution is -2.48. The van der Waals surface area contributed by atoms with E-state index < -0.39 is 11.7 Å². The lowest BCUT2D eigenvalue weighted by Gasteiger charge is -2.43. The maximum Gasteiger partial charge on any atom is 0.416 e. The van der Waals surface area contributed by atoms with Crippen LogP contribution in [0.15, 0.2) is 42.5 Å². The number of fused-ring (bicyclic) bond motifs is 7. The Kier molecular flexibility index (Phi) is 3.26. The van der Waals surface area contributed by atoms with Crippen LogP contribution in [0.5, 0.6) is 0 Å². The minimum atomic E-state index is -4.39. The van der Waals surface area contributed by atoms with Crippen molar-refractivity contribution in [1.82, 2.24) is 4.90 Å². The number of hydrogen-bond donors (Lipinski definition) is 0. The normalized spacial score (nSPS) is 26.8. The van der Waals surface area contributed by atoms with Crippen LogP contribution in [0.25, 0.3) is 11.1 Å². The number of rotatable bonds is 0. The van der Waals surface area contributed by atoms with Gasteiger partial charge in [0.2, 0.25) is 5.91 Å². The Hall–Kier alpha value is -2.34. The molecule has 3 aliphatic rings. The summed E-state index contributed by atoms with van der Waals surface area (Å²) in [6, 6.07) is 11.2. The van der Waals surface area contributed by atoms with E-state index in [9.17, 15) is 18.0 Å². The van der Waals surface area contributed by atoms with Crippen molar-refractivity contribution in [3.63, 3.8) is 0 Å². The van der Waals surface area contributed by atoms with E-state index in [0.717, 1.165) is 22.8 Å². The van der Waals surface area contributed by atoms with E-state index in [1.807, 2.05) is 18.2 Å². The van der Waals surface area contributed by atoms with E-state index >= 15 is 0 Å². The van der Waals surface area contributed by atoms with E-state index in [4.69, 9.17) is 4.74 Å². The number of hydrogen-bond acceptors (Lipinski definition) is 2. The van der Waals surface area contributed by atoms with Gasteiger partial charge in [0.15, 0.2) is 0 Å². The number of benzene rings is 2. The molecule has 0 unspecified atom stereocenters. The summed E-state index contributed by atoms with van der Waals surface area (Å²) in [6.07, 6.45) is -4.05. The first-order chi connectivity index (χ1) is 12.4. The van der Waals surface area contributed by atoms with Crippen molar-refractivity contribution < 1.29 is 22.7 Å². The third-order valence-corrected chi connectivity index (χ3v) is 5.76. The molecule has 3 atom stereocenters. The Balaban J connectivity index is 1.72. The van der Waals surface area contributed by atoms with Gasteiger partial charge < -0.3 is 9.64 Å². The summed E-state index contributed by atoms with van der Waals surface area (Å²) in [5, 5.41) is 0. The van der Waals surface area contributed by atoms with Crippen molar-refractivity contribution in [2.75, 3.05) is 13.2 Å². The number of alkyl halides is 3. The molecular weight excluding hydrogens is 343 g/mol. The Labute approximate surface area is 148 Å². The Morgan fingerprint density at radius 3 is 2.65 bits per heavy atom. The van der Waals surface area contributed by atoms with Crippen molar-refractivity contribution in [3.8, 4) is 11.1 Å². The van der Waals surface area contributed by atoms with Gasteiger partial charge in [-0.05, 0) is 34.4 Å². The van der Waals surface area contributed by atoms with Gasteiger partial charge in [0.05, 0.1) is 18.1 Å². The Bertz CT molecular complexity index is 908. The number of halogens is 3. The molecule has 0 saturated carbocycles. The van der Waals surface area contributed by atoms with Gasteiger partial charge >= 0.3 is 6.18 Å². The SMILES string of the molecule is O=C1[C@H]2c3ccccc3-c3cc(C(F)(F)F)ccc3[C@H]2C[C@H]2OCCN12. The number of carbonyl (C=O) groups excluding carboxylic acids is 1. The summed E-state index contributed by atoms with van der Waals surface area (Å²) in [6.45, 7) is 1.09. The first-order valence-corrected chi connectivity index (χ1v) is 8.67. The molecule has 26 heavy (non-hydrogen) atoms. The summed E-state index contributed by atoms with van der Waals surface area (Å²) in [5.74, 6) is -0.496. The summed E-state index contributed by atoms with van der Waals surface area (Å²) in [7, 11) is 0. The molecule has 6 heteroatoms. The predicted molar refractivity (Wildman–Crippen MR) is 88.4 cm³/mol. The second-order valence-corrected chi connectivity index (χ2v) is 7.06. The fourth-order valence-corrected chi connectivity index (χ4v) is 4.63. The molecule has 134 valence electrons. The van der Waals surface area contributed by atoms with E-state index in [1.165, 1.54) is 6.07 Å². The van der Waals surface area contributed by atoms with Crippen LogP contribution in [0.2, 0.25) is 0 Å². The lowest BCUT2D eigenvalue weighted by atomic mass is 9.67. The lowest BCUT2D eigenvalue weighted by molar-refractivity contribution is -0.144. The third kappa shape index (κ3) is 2.14. The molecule has 5 rings (SSSR count). The molecule has 0 spiro atoms. The second kappa shape index (κ2) is 5.33. The average molecular weight is 359 g/mol. The number of nitrogens with zero attached hydrogens (tertiary/aromatic N) is 1. The number of carbonyl (C=O) groups is 1. The zero-order chi connectivity index (χ0) is 18.1. The van der Waals surface area contributed by atoms with Crippen LogP contribution >= 0.6 is 0 Å². The van der Waals surface area contributed by atoms with Gasteiger partial charge in [-0.15, -0.1) is 0 Å². The molecule has 0 radical (unpaired) electrons. The van der Waals surface area contributed by atoms with Crippen LogP contribution < -0.4 is 0 Å². The molecule has 2 aromatic rings. The maximum atomic E-state index is 13.2. The second-order valence-electron chi connectivity index (χ2n) is 7.06. The van der Waals surface area contributed by atoms with Crippen LogP contribution in [0, 0.1) is 0 Å². The van der Waals surface area contributed by atoms with Gasteiger partial charge in [-0.1, -0.05) is 30.3 Å². The topological polar surface area (TPSA) is 29.5 Å². The highest BCUT2D eigenvalue weighted by Gasteiger charge is 2.49. The maximum absolute atomic E-state index is 13.2. The number of ether oxygens (including phenoxy) is 1. The zero-order valence-corrected chi connectivity index (χ0v) is 13.8. The quantitative estimate of drug-likeness (QED) is 0.708. The van der Waals surface area contributed by atoms with Gasteiger partial charge in [0.25, 0.3) is 0 Å². The molecule has 2 heterocycles. The highest BCUT2D eigenvalue weighted by Crippen LogP contribution is 2.53. The number of amides is 1. The fraction of sp³-hybridized carbons (Fsp3) is 0.350. The van der Waals surface area contributed by atoms with Crippen molar-refractivity contribution in [1.29, 1.82) is 0 Å². The van der Waals surface area contributed by atoms with Gasteiger partial charge in [-0.25, -0.2) is 0 Å². The van der Waals surface area contributed by atoms with E-state index in [2.05, 4.69) is 0 Å². The molecule has 2 saturated heterocycles. The van der Waals surface area contributed by atoms with Crippen molar-refractivity contribution in [3.05, 3.63) is 59.2 Å². The molecule has 3 nitrogen and oxygen atoms in total. The summed E-state index contributed by atoms with van der Waals surface area (Å²) < 4.78 is 45.4. The molecule has 0 N–H and O–H groups in total. The van der Waals surface area contributed by atoms with Gasteiger partial charge in [-0.3, -0.25) is 4.79 Å². The molecule has 2 aliphatic heterocycles. The minimum Gasteiger partial charge on any atom is -0.356 e. The fourth-order valence-electron chi connectivity index (χ4n) is 4.63. The molecule has 2 fully saturated rings. The van der Waals surface area contributed by atoms with Crippen LogP contribution in [0.3, 0.4) is 0 Å². The van der Waals surface area contributed by atoms with Crippen LogP contribution in [0.4, 0.5) is 13.2 Å². The standard InChI is InChI=1S/C20H16F3NO2/c21-20(22,23)11-5-6-13-15(9-11)12-3-1-2-4-14(12)18-16(13)10-17-24(19(18)25)7-8-26-17/h1-6,9,16-18H,7-8,10H2/t16-,17-,18+/m1/s1. The molecule has 1 aliphatic carbocycles. The third-order valence-electron chi connectivity index (χ3n) is 5.76. The molecule has 2 aromatic carbocycles. The largest absolute Gasteiger partial charge is 0.416 e. The van der Waals surface area contributed by atoms with E-state index in [1.54, 1.807) is 17.0 Å². The monoisotopic (exact) mass is 359 g/mol. The van der Waals surface area contributed by atoms with Gasteiger partial charge in [-0.2, -0.15) is 13.2 Å². The predicted octanol–water partition coefficient (Wildman–Crippen LogP) is 4.14. The first kappa shape index (κ1) is 15.9. The smallest absolute Gasteiger partial charge is 0.356 e. The van der Waals surface area contributed by atoms with Crippen molar-refractivity contribution in [2.24, 2.45) is 0 Å². The van der Waals surface area contributed by atoms with Crippen LogP contribution in [0.1, 0.15) is 34.9 Å². The zero-order valence-electron chi connectivity index (χ0n) is 13.8. The summed E-state index contributed by atoms with van der Waals surface area (Å²) >= 11 is 0. The van der Waals surface area contributed by atoms with E-state index in [0.29, 0.717) is 25.1 Å². The van der Waals surface area contributed by atoms with E-state index in [-0.39, 0.29) is 24.0 Å². The molecular formula is C20H16F3NO2. The Morgan fingerprint density at radius 1 is 1.04 bits per heavy atom. The van der Waals surface area contributed by atoms with Crippen LogP contribution in [-0.2, 0) is 15.7 Å². The van der Waals surface area contributed by atoms with Gasteiger partial charge in [0, 0.05) is 18.9 Å². The molecule has 0 aromatic heterocycles. The highest BCUT2D eigenvalue weighted by atomic mass is 19.4. The summed E-state index contributed by atoms with van der Waals surface area (Å²) in [5.41, 5.74) is 2.27. The average Bonchev–Trinajstić information content (AvgIpc) is 3.09. The molecule has 0 bridgehead atoms. The number of piperidine rings is 1. The molecule has 1 amide bonds. The first-order valence-electron chi connectivity index (χ1n) is 8.67. The van der Waals surface area contributed by atoms with Gasteiger partial charge in [0.1, 0.15) is 6.23 Å². The Morgan fingerprint density at radius 2 is 1.85 bits per heavy atom. The van der Waals surface area contributed by atoms with Crippen LogP contribution in [-0.4, -0.2) is 30.2 Å².